The first kappa shape index (κ1) is 43.9. The summed E-state index contributed by atoms with van der Waals surface area (Å²) in [5.41, 5.74) is 14.6. The number of nitriles is 1. The number of hydrogen-bond acceptors (Lipinski definition) is 11. The summed E-state index contributed by atoms with van der Waals surface area (Å²) < 4.78 is 25.8. The fourth-order valence-electron chi connectivity index (χ4n) is 11.1. The lowest BCUT2D eigenvalue weighted by Crippen LogP contribution is -2.18. The average molecular weight is 1050 g/mol. The van der Waals surface area contributed by atoms with E-state index in [1.807, 2.05) is 12.1 Å². The Balaban J connectivity index is 0.851. The number of benzene rings is 5. The van der Waals surface area contributed by atoms with Crippen molar-refractivity contribution in [3.8, 4) is 39.8 Å². The maximum atomic E-state index is 11.7. The van der Waals surface area contributed by atoms with Gasteiger partial charge in [-0.2, -0.15) is 5.26 Å². The molecular formula is C60H40N2O4S6. The second-order valence-corrected chi connectivity index (χ2v) is 25.9. The molecule has 7 heterocycles. The van der Waals surface area contributed by atoms with Crippen molar-refractivity contribution in [3.63, 3.8) is 0 Å². The third-order valence-electron chi connectivity index (χ3n) is 14.6. The lowest BCUT2D eigenvalue weighted by atomic mass is 9.82. The Morgan fingerprint density at radius 1 is 0.569 bits per heavy atom. The molecule has 0 bridgehead atoms. The highest BCUT2D eigenvalue weighted by molar-refractivity contribution is 7.38. The third kappa shape index (κ3) is 6.61. The molecule has 6 nitrogen and oxygen atoms in total. The van der Waals surface area contributed by atoms with Crippen molar-refractivity contribution in [2.24, 2.45) is 0 Å². The molecule has 0 atom stereocenters. The second kappa shape index (κ2) is 16.1. The van der Waals surface area contributed by atoms with E-state index < -0.39 is 5.97 Å². The highest BCUT2D eigenvalue weighted by Crippen LogP contribution is 2.53. The lowest BCUT2D eigenvalue weighted by molar-refractivity contribution is -0.130. The monoisotopic (exact) mass is 1040 g/mol. The number of thiophene rings is 6. The number of carboxylic acid groups (broad SMARTS) is 1. The summed E-state index contributed by atoms with van der Waals surface area (Å²) in [7, 11) is 0. The fourth-order valence-corrected chi connectivity index (χ4v) is 18.8. The molecule has 11 aromatic rings. The molecule has 72 heavy (non-hydrogen) atoms. The van der Waals surface area contributed by atoms with E-state index in [0.717, 1.165) is 61.8 Å². The molecule has 350 valence electrons. The van der Waals surface area contributed by atoms with Gasteiger partial charge in [-0.15, -0.1) is 68.0 Å². The number of aliphatic carboxylic acids is 1. The predicted octanol–water partition coefficient (Wildman–Crippen LogP) is 15.5. The summed E-state index contributed by atoms with van der Waals surface area (Å²) in [4.78, 5) is 14.1. The van der Waals surface area contributed by atoms with Gasteiger partial charge >= 0.3 is 5.97 Å². The molecule has 1 aliphatic heterocycles. The maximum absolute atomic E-state index is 11.7. The van der Waals surface area contributed by atoms with Gasteiger partial charge in [0.05, 0.1) is 27.5 Å². The van der Waals surface area contributed by atoms with Gasteiger partial charge in [-0.05, 0) is 117 Å². The van der Waals surface area contributed by atoms with Crippen molar-refractivity contribution in [1.29, 1.82) is 5.26 Å². The van der Waals surface area contributed by atoms with E-state index in [1.54, 1.807) is 56.7 Å². The van der Waals surface area contributed by atoms with Gasteiger partial charge in [-0.25, -0.2) is 4.79 Å². The van der Waals surface area contributed by atoms with Crippen LogP contribution in [0.2, 0.25) is 0 Å². The number of carboxylic acids is 1. The van der Waals surface area contributed by atoms with E-state index in [0.29, 0.717) is 17.7 Å². The highest BCUT2D eigenvalue weighted by atomic mass is 32.1. The molecule has 0 fully saturated rings. The zero-order valence-corrected chi connectivity index (χ0v) is 44.1. The molecular weight excluding hydrogens is 1010 g/mol. The number of fused-ring (bicyclic) bond motifs is 11. The molecule has 0 saturated heterocycles. The molecule has 0 saturated carbocycles. The molecule has 0 amide bonds. The van der Waals surface area contributed by atoms with Gasteiger partial charge in [0.1, 0.15) is 19.3 Å². The fraction of sp³-hybridized carbons (Fsp3) is 0.133. The molecule has 3 aliphatic rings. The predicted molar refractivity (Wildman–Crippen MR) is 301 cm³/mol. The number of hydrogen-bond donors (Lipinski definition) is 1. The van der Waals surface area contributed by atoms with Crippen molar-refractivity contribution in [2.45, 2.75) is 38.5 Å². The van der Waals surface area contributed by atoms with Gasteiger partial charge in [-0.3, -0.25) is 0 Å². The van der Waals surface area contributed by atoms with Crippen LogP contribution in [0, 0.1) is 29.5 Å². The maximum Gasteiger partial charge on any atom is 0.347 e. The minimum absolute atomic E-state index is 0.135. The SMILES string of the molecule is CC1(C)c2ccccc2-c2ccc(N(c3ccc(/C=c4/s/c(=c5\cc6s/c(=c7\cc8sc9c/c(=C(\C#N)C(=O)O)sc9c8s7)cc6s5)c5c4OCCO5)cc3)c3ccc4c(c3)C(C)(C)c3ccccc3-4)cc21. The van der Waals surface area contributed by atoms with Crippen LogP contribution in [0.5, 0.6) is 11.5 Å². The molecule has 5 aromatic carbocycles. The van der Waals surface area contributed by atoms with Crippen molar-refractivity contribution < 1.29 is 19.4 Å². The number of ether oxygens (including phenoxy) is 2. The molecule has 14 rings (SSSR count). The molecule has 6 aromatic heterocycles. The minimum atomic E-state index is -1.19. The Bertz CT molecular complexity index is 4390. The zero-order chi connectivity index (χ0) is 48.8. The lowest BCUT2D eigenvalue weighted by Gasteiger charge is -2.29. The molecule has 0 radical (unpaired) electrons. The van der Waals surface area contributed by atoms with Crippen LogP contribution in [0.4, 0.5) is 17.1 Å². The zero-order valence-electron chi connectivity index (χ0n) is 39.2. The van der Waals surface area contributed by atoms with Gasteiger partial charge < -0.3 is 19.5 Å². The van der Waals surface area contributed by atoms with Crippen LogP contribution < -0.4 is 23.4 Å². The van der Waals surface area contributed by atoms with Crippen LogP contribution >= 0.6 is 68.0 Å². The van der Waals surface area contributed by atoms with Crippen molar-refractivity contribution in [1.82, 2.24) is 0 Å². The van der Waals surface area contributed by atoms with E-state index in [-0.39, 0.29) is 16.4 Å². The van der Waals surface area contributed by atoms with E-state index >= 15 is 0 Å². The minimum Gasteiger partial charge on any atom is -0.485 e. The van der Waals surface area contributed by atoms with E-state index in [2.05, 4.69) is 166 Å². The van der Waals surface area contributed by atoms with E-state index in [1.165, 1.54) is 79.0 Å². The smallest absolute Gasteiger partial charge is 0.347 e. The number of rotatable bonds is 5. The van der Waals surface area contributed by atoms with Crippen LogP contribution in [-0.4, -0.2) is 24.3 Å². The Morgan fingerprint density at radius 2 is 1.10 bits per heavy atom. The van der Waals surface area contributed by atoms with Gasteiger partial charge in [0, 0.05) is 55.8 Å². The van der Waals surface area contributed by atoms with Crippen LogP contribution in [0.25, 0.3) is 62.1 Å². The van der Waals surface area contributed by atoms with E-state index in [4.69, 9.17) is 9.47 Å². The summed E-state index contributed by atoms with van der Waals surface area (Å²) in [6, 6.07) is 51.2. The first-order chi connectivity index (χ1) is 34.9. The average Bonchev–Trinajstić information content (AvgIpc) is 4.27. The number of carbonyl (C=O) groups is 1. The largest absolute Gasteiger partial charge is 0.485 e. The molecule has 0 spiro atoms. The standard InChI is InChI=1S/C60H40N2O4S6/c1-59(2)40-11-7-5-9-35(40)37-19-17-33(24-42(37)59)62(34-18-20-38-36-10-6-8-12-41(36)60(3,4)43(38)25-34)32-15-13-31(14-16-32)23-49-53-54(66-22-21-65-53)55(72-49)50-28-47-45(68-50)27-46(67-47)48-29-52-57(71-48)56-51(69-52)26-44(70-56)39(30-61)58(63)64/h5-20,23-29H,21-22H2,1-4H3,(H,63,64)/b44-39-,48-46+,49-23+,55-50+. The van der Waals surface area contributed by atoms with Gasteiger partial charge in [0.25, 0.3) is 0 Å². The topological polar surface area (TPSA) is 82.8 Å². The summed E-state index contributed by atoms with van der Waals surface area (Å²) in [5.74, 6) is 0.426. The molecule has 2 aliphatic carbocycles. The Labute approximate surface area is 437 Å². The van der Waals surface area contributed by atoms with Crippen molar-refractivity contribution in [2.75, 3.05) is 18.1 Å². The summed E-state index contributed by atoms with van der Waals surface area (Å²) >= 11 is 10.0. The third-order valence-corrected chi connectivity index (χ3v) is 22.2. The van der Waals surface area contributed by atoms with Crippen molar-refractivity contribution in [3.05, 3.63) is 188 Å². The van der Waals surface area contributed by atoms with Gasteiger partial charge in [0.2, 0.25) is 0 Å². The van der Waals surface area contributed by atoms with Crippen LogP contribution in [-0.2, 0) is 15.6 Å². The van der Waals surface area contributed by atoms with Gasteiger partial charge in [-0.1, -0.05) is 100 Å². The number of nitrogens with zero attached hydrogens (tertiary/aromatic N) is 2. The summed E-state index contributed by atoms with van der Waals surface area (Å²) in [5, 5.41) is 19.0. The van der Waals surface area contributed by atoms with Crippen LogP contribution in [0.1, 0.15) is 55.5 Å². The van der Waals surface area contributed by atoms with Crippen LogP contribution in [0.15, 0.2) is 133 Å². The molecule has 1 N–H and O–H groups in total. The Hall–Kier alpha value is -6.82. The van der Waals surface area contributed by atoms with Gasteiger partial charge in [0.15, 0.2) is 17.1 Å². The molecule has 12 heteroatoms. The van der Waals surface area contributed by atoms with Crippen molar-refractivity contribution >= 4 is 131 Å². The quantitative estimate of drug-likeness (QED) is 0.185. The summed E-state index contributed by atoms with van der Waals surface area (Å²) in [6.45, 7) is 10.4. The van der Waals surface area contributed by atoms with Crippen LogP contribution in [0.3, 0.4) is 0 Å². The normalized spacial score (nSPS) is 16.4. The first-order valence-corrected chi connectivity index (χ1v) is 28.5. The van der Waals surface area contributed by atoms with E-state index in [9.17, 15) is 15.2 Å². The molecule has 0 unspecified atom stereocenters. The highest BCUT2D eigenvalue weighted by Gasteiger charge is 2.38. The number of anilines is 3. The summed E-state index contributed by atoms with van der Waals surface area (Å²) in [6.07, 6.45) is 2.23. The second-order valence-electron chi connectivity index (χ2n) is 19.5. The Kier molecular flexibility index (Phi) is 9.82. The first-order valence-electron chi connectivity index (χ1n) is 23.6. The Morgan fingerprint density at radius 3 is 1.74 bits per heavy atom.